The fourth-order valence-corrected chi connectivity index (χ4v) is 10.4. The average molecular weight is 1020 g/mol. The number of rotatable bonds is 13. The number of cyclic esters (lactones) is 1. The van der Waals surface area contributed by atoms with E-state index in [0.29, 0.717) is 17.5 Å². The van der Waals surface area contributed by atoms with Gasteiger partial charge in [0.25, 0.3) is 0 Å². The maximum Gasteiger partial charge on any atom is 0.419 e. The molecule has 0 bridgehead atoms. The number of aromatic nitrogens is 2. The number of methoxy groups -OCH3 is 2. The maximum atomic E-state index is 14.9. The fraction of sp³-hybridized carbons (Fsp3) is 0.600. The molecule has 18 heteroatoms. The Morgan fingerprint density at radius 3 is 1.96 bits per heavy atom. The van der Waals surface area contributed by atoms with Gasteiger partial charge in [0, 0.05) is 44.9 Å². The van der Waals surface area contributed by atoms with Crippen molar-refractivity contribution in [1.82, 2.24) is 14.5 Å². The summed E-state index contributed by atoms with van der Waals surface area (Å²) in [4.78, 5) is 76.2. The summed E-state index contributed by atoms with van der Waals surface area (Å²) in [5.41, 5.74) is -1.54. The molecule has 2 unspecified atom stereocenters. The molecule has 0 saturated carbocycles. The summed E-state index contributed by atoms with van der Waals surface area (Å²) in [5, 5.41) is 0. The van der Waals surface area contributed by atoms with Crippen molar-refractivity contribution in [2.75, 3.05) is 28.3 Å². The van der Waals surface area contributed by atoms with Crippen LogP contribution in [0, 0.1) is 17.8 Å². The number of hydrogen-bond acceptors (Lipinski definition) is 17. The summed E-state index contributed by atoms with van der Waals surface area (Å²) in [6.45, 7) is 16.0. The number of nitrogens with zero attached hydrogens (tertiary/aromatic N) is 3. The maximum absolute atomic E-state index is 14.9. The average Bonchev–Trinajstić information content (AvgIpc) is 3.93. The summed E-state index contributed by atoms with van der Waals surface area (Å²) in [6, 6.07) is 16.9. The molecule has 3 aromatic rings. The first-order chi connectivity index (χ1) is 34.6. The van der Waals surface area contributed by atoms with Crippen molar-refractivity contribution in [2.24, 2.45) is 17.8 Å². The molecule has 4 heterocycles. The first kappa shape index (κ1) is 56.9. The minimum atomic E-state index is -1.35. The number of likely N-dealkylation sites (N-methyl/N-ethyl adjacent to an activating group) is 1. The fourth-order valence-electron chi connectivity index (χ4n) is 10.4. The van der Waals surface area contributed by atoms with Crippen LogP contribution in [-0.4, -0.2) is 151 Å². The van der Waals surface area contributed by atoms with Gasteiger partial charge in [-0.1, -0.05) is 57.2 Å². The summed E-state index contributed by atoms with van der Waals surface area (Å²) < 4.78 is 66.0. The highest BCUT2D eigenvalue weighted by Gasteiger charge is 2.54. The van der Waals surface area contributed by atoms with Crippen molar-refractivity contribution in [3.05, 3.63) is 102 Å². The molecule has 0 aliphatic carbocycles. The number of benzene rings is 2. The largest absolute Gasteiger partial charge is 0.458 e. The van der Waals surface area contributed by atoms with Crippen LogP contribution >= 0.6 is 0 Å². The van der Waals surface area contributed by atoms with Crippen molar-refractivity contribution in [1.29, 1.82) is 0 Å². The van der Waals surface area contributed by atoms with Gasteiger partial charge in [-0.3, -0.25) is 9.59 Å². The van der Waals surface area contributed by atoms with Crippen LogP contribution in [0.15, 0.2) is 91.0 Å². The van der Waals surface area contributed by atoms with Crippen LogP contribution in [0.1, 0.15) is 109 Å². The topological polar surface area (TPSA) is 199 Å². The molecule has 18 nitrogen and oxygen atoms in total. The Balaban J connectivity index is 1.45. The Labute approximate surface area is 429 Å². The number of carbonyl (C=O) groups is 5. The van der Waals surface area contributed by atoms with Gasteiger partial charge in [0.1, 0.15) is 18.0 Å². The predicted octanol–water partition coefficient (Wildman–Crippen LogP) is 7.62. The number of hydrogen-bond donors (Lipinski definition) is 0. The van der Waals surface area contributed by atoms with Gasteiger partial charge in [-0.05, 0) is 111 Å². The minimum Gasteiger partial charge on any atom is -0.458 e. The smallest absolute Gasteiger partial charge is 0.419 e. The van der Waals surface area contributed by atoms with Crippen molar-refractivity contribution in [2.45, 2.75) is 167 Å². The van der Waals surface area contributed by atoms with Crippen LogP contribution in [0.4, 0.5) is 4.79 Å². The van der Waals surface area contributed by atoms with Crippen molar-refractivity contribution >= 4 is 29.8 Å². The second-order valence-electron chi connectivity index (χ2n) is 20.3. The molecular weight excluding hydrogens is 943 g/mol. The Morgan fingerprint density at radius 2 is 1.40 bits per heavy atom. The SMILES string of the molecule is CC[C@H]1OC(=O)[C@H](C)[C@@H](OC2C[C@@](C)(OC)[C@@H](OC(=O)c3ccccc3)[C@H](C)O2)[C@H](C)[C@@H](OC2O[C@H](C)C[C@H](N(C)C)[C@H]2OC(=O)c2ccccc2)[C@](C)(OC)C[C@@H](C)C(=O)/C(C)=C\[C@@H]1OC(=O)n1ccnc1. The van der Waals surface area contributed by atoms with Gasteiger partial charge in [0.15, 0.2) is 36.7 Å². The molecule has 1 aromatic heterocycles. The van der Waals surface area contributed by atoms with E-state index in [1.807, 2.05) is 45.8 Å². The molecule has 2 fully saturated rings. The molecule has 3 aliphatic heterocycles. The Hall–Kier alpha value is -5.34. The Morgan fingerprint density at radius 1 is 0.795 bits per heavy atom. The number of carbonyl (C=O) groups excluding carboxylic acids is 5. The van der Waals surface area contributed by atoms with E-state index >= 15 is 0 Å². The van der Waals surface area contributed by atoms with Gasteiger partial charge >= 0.3 is 24.0 Å². The van der Waals surface area contributed by atoms with Gasteiger partial charge in [-0.15, -0.1) is 0 Å². The third-order valence-corrected chi connectivity index (χ3v) is 14.6. The Kier molecular flexibility index (Phi) is 19.3. The van der Waals surface area contributed by atoms with Gasteiger partial charge in [0.05, 0.1) is 53.1 Å². The number of allylic oxidation sites excluding steroid dienone is 1. The second-order valence-corrected chi connectivity index (χ2v) is 20.3. The Bertz CT molecular complexity index is 2350. The number of esters is 3. The molecule has 0 spiro atoms. The van der Waals surface area contributed by atoms with Crippen LogP contribution in [0.2, 0.25) is 0 Å². The summed E-state index contributed by atoms with van der Waals surface area (Å²) >= 11 is 0. The third kappa shape index (κ3) is 13.5. The number of ether oxygens (including phenoxy) is 10. The van der Waals surface area contributed by atoms with Gasteiger partial charge in [-0.25, -0.2) is 23.9 Å². The van der Waals surface area contributed by atoms with Crippen molar-refractivity contribution in [3.8, 4) is 0 Å². The minimum absolute atomic E-state index is 0.0450. The van der Waals surface area contributed by atoms with E-state index in [2.05, 4.69) is 4.98 Å². The normalized spacial score (nSPS) is 35.5. The zero-order chi connectivity index (χ0) is 53.4. The molecule has 16 atom stereocenters. The van der Waals surface area contributed by atoms with E-state index < -0.39 is 108 Å². The lowest BCUT2D eigenvalue weighted by atomic mass is 9.76. The molecule has 3 aliphatic rings. The third-order valence-electron chi connectivity index (χ3n) is 14.6. The molecule has 2 aromatic carbocycles. The van der Waals surface area contributed by atoms with E-state index in [-0.39, 0.29) is 42.8 Å². The molecule has 0 N–H and O–H groups in total. The van der Waals surface area contributed by atoms with Crippen molar-refractivity contribution in [3.63, 3.8) is 0 Å². The molecule has 2 saturated heterocycles. The lowest BCUT2D eigenvalue weighted by Crippen LogP contribution is -2.61. The van der Waals surface area contributed by atoms with Crippen LogP contribution in [0.25, 0.3) is 0 Å². The van der Waals surface area contributed by atoms with Crippen LogP contribution in [-0.2, 0) is 57.0 Å². The lowest BCUT2D eigenvalue weighted by molar-refractivity contribution is -0.318. The van der Waals surface area contributed by atoms with E-state index in [4.69, 9.17) is 47.4 Å². The van der Waals surface area contributed by atoms with Crippen LogP contribution in [0.5, 0.6) is 0 Å². The van der Waals surface area contributed by atoms with E-state index in [1.165, 1.54) is 39.0 Å². The molecule has 73 heavy (non-hydrogen) atoms. The second kappa shape index (κ2) is 24.8. The summed E-state index contributed by atoms with van der Waals surface area (Å²) in [7, 11) is 6.82. The zero-order valence-corrected chi connectivity index (χ0v) is 44.5. The predicted molar refractivity (Wildman–Crippen MR) is 266 cm³/mol. The zero-order valence-electron chi connectivity index (χ0n) is 44.5. The van der Waals surface area contributed by atoms with Crippen molar-refractivity contribution < 1.29 is 71.3 Å². The van der Waals surface area contributed by atoms with Gasteiger partial charge in [0.2, 0.25) is 0 Å². The number of imidazole rings is 1. The molecule has 6 rings (SSSR count). The quantitative estimate of drug-likeness (QED) is 0.120. The molecular formula is C55H75N3O15. The monoisotopic (exact) mass is 1020 g/mol. The number of Topliss-reactive ketones (excluding diaryl/α,β-unsaturated/α-hetero) is 1. The highest BCUT2D eigenvalue weighted by molar-refractivity contribution is 5.96. The summed E-state index contributed by atoms with van der Waals surface area (Å²) in [6.07, 6.45) is -4.05. The highest BCUT2D eigenvalue weighted by atomic mass is 16.7. The van der Waals surface area contributed by atoms with Gasteiger partial charge < -0.3 is 52.3 Å². The first-order valence-electron chi connectivity index (χ1n) is 25.2. The highest BCUT2D eigenvalue weighted by Crippen LogP contribution is 2.42. The first-order valence-corrected chi connectivity index (χ1v) is 25.2. The lowest BCUT2D eigenvalue weighted by Gasteiger charge is -2.50. The number of ketones is 1. The standard InChI is InChI=1S/C55H75N3O15/c1-14-41-42(69-53(63)58-26-25-56-31-58)27-32(2)44(59)33(3)29-54(8,64-12)47(73-52-46(40(57(10)11)28-34(4)66-52)71-50(61)38-21-17-15-18-22-38)35(5)45(36(6)49(60)68-41)70-43-30-55(9,65-13)48(37(7)67-43)72-51(62)39-23-19-16-20-24-39/h15-27,31,33-37,40-43,45-48,52H,14,28-30H2,1-13H3/b32-27-/t33-,34-,35+,36-,37+,40+,41-,42+,43?,45+,46-,47-,48+,52?,54-,55-/m1/s1. The van der Waals surface area contributed by atoms with Crippen LogP contribution in [0.3, 0.4) is 0 Å². The molecule has 0 amide bonds. The van der Waals surface area contributed by atoms with E-state index in [1.54, 1.807) is 96.1 Å². The van der Waals surface area contributed by atoms with E-state index in [0.717, 1.165) is 4.57 Å². The van der Waals surface area contributed by atoms with E-state index in [9.17, 15) is 24.0 Å². The molecule has 0 radical (unpaired) electrons. The molecule has 400 valence electrons. The summed E-state index contributed by atoms with van der Waals surface area (Å²) in [5.74, 6) is -4.79. The van der Waals surface area contributed by atoms with Crippen LogP contribution < -0.4 is 0 Å². The van der Waals surface area contributed by atoms with Gasteiger partial charge in [-0.2, -0.15) is 0 Å².